The Morgan fingerprint density at radius 3 is 2.86 bits per heavy atom. The Hall–Kier alpha value is -2.28. The summed E-state index contributed by atoms with van der Waals surface area (Å²) in [6.07, 6.45) is 1.41. The maximum absolute atomic E-state index is 8.77. The van der Waals surface area contributed by atoms with Crippen LogP contribution in [0.4, 0.5) is 0 Å². The van der Waals surface area contributed by atoms with Crippen LogP contribution in [0.25, 0.3) is 0 Å². The van der Waals surface area contributed by atoms with E-state index in [9.17, 15) is 0 Å². The first-order valence-corrected chi connectivity index (χ1v) is 3.97. The molecule has 0 fully saturated rings. The van der Waals surface area contributed by atoms with Gasteiger partial charge < -0.3 is 9.26 Å². The van der Waals surface area contributed by atoms with Crippen LogP contribution in [0.15, 0.2) is 41.1 Å². The van der Waals surface area contributed by atoms with Crippen molar-refractivity contribution in [1.29, 1.82) is 5.26 Å². The highest BCUT2D eigenvalue weighted by Gasteiger charge is 2.04. The van der Waals surface area contributed by atoms with Gasteiger partial charge in [0, 0.05) is 6.07 Å². The molecule has 2 rings (SSSR count). The molecule has 0 saturated carbocycles. The van der Waals surface area contributed by atoms with Gasteiger partial charge in [0.2, 0.25) is 0 Å². The van der Waals surface area contributed by atoms with E-state index in [2.05, 4.69) is 9.68 Å². The number of benzene rings is 1. The van der Waals surface area contributed by atoms with Gasteiger partial charge in [-0.05, 0) is 17.3 Å². The molecule has 4 nitrogen and oxygen atoms in total. The normalized spacial score (nSPS) is 9.36. The predicted octanol–water partition coefficient (Wildman–Crippen LogP) is 2.34. The van der Waals surface area contributed by atoms with E-state index in [0.717, 1.165) is 0 Å². The van der Waals surface area contributed by atoms with Gasteiger partial charge in [-0.3, -0.25) is 0 Å². The van der Waals surface area contributed by atoms with Crippen molar-refractivity contribution in [2.75, 3.05) is 0 Å². The lowest BCUT2D eigenvalue weighted by Crippen LogP contribution is -1.87. The average molecular weight is 186 g/mol. The molecule has 1 aromatic heterocycles. The number of para-hydroxylation sites is 1. The number of nitrogens with zero attached hydrogens (tertiary/aromatic N) is 2. The van der Waals surface area contributed by atoms with Crippen LogP contribution in [0, 0.1) is 11.3 Å². The van der Waals surface area contributed by atoms with E-state index in [-0.39, 0.29) is 0 Å². The highest BCUT2D eigenvalue weighted by atomic mass is 16.5. The summed E-state index contributed by atoms with van der Waals surface area (Å²) in [5, 5.41) is 12.4. The van der Waals surface area contributed by atoms with E-state index in [1.165, 1.54) is 6.26 Å². The van der Waals surface area contributed by atoms with Gasteiger partial charge in [0.05, 0.1) is 5.56 Å². The molecule has 0 spiro atoms. The van der Waals surface area contributed by atoms with Gasteiger partial charge >= 0.3 is 0 Å². The Labute approximate surface area is 80.3 Å². The third kappa shape index (κ3) is 1.57. The minimum atomic E-state index is 0.340. The summed E-state index contributed by atoms with van der Waals surface area (Å²) < 4.78 is 9.92. The zero-order chi connectivity index (χ0) is 9.80. The minimum Gasteiger partial charge on any atom is -0.435 e. The van der Waals surface area contributed by atoms with E-state index in [1.807, 2.05) is 6.07 Å². The molecule has 1 heterocycles. The van der Waals surface area contributed by atoms with E-state index < -0.39 is 0 Å². The van der Waals surface area contributed by atoms with Gasteiger partial charge in [0.25, 0.3) is 5.88 Å². The van der Waals surface area contributed by atoms with Crippen molar-refractivity contribution in [3.63, 3.8) is 0 Å². The number of hydrogen-bond donors (Lipinski definition) is 0. The lowest BCUT2D eigenvalue weighted by atomic mass is 10.2. The third-order valence-electron chi connectivity index (χ3n) is 1.64. The van der Waals surface area contributed by atoms with Crippen LogP contribution in [0.3, 0.4) is 0 Å². The van der Waals surface area contributed by atoms with Gasteiger partial charge in [0.15, 0.2) is 0 Å². The molecular formula is C10H6N2O2. The zero-order valence-electron chi connectivity index (χ0n) is 7.18. The predicted molar refractivity (Wildman–Crippen MR) is 47.7 cm³/mol. The summed E-state index contributed by atoms with van der Waals surface area (Å²) in [5.41, 5.74) is 0.468. The van der Waals surface area contributed by atoms with Crippen molar-refractivity contribution in [1.82, 2.24) is 5.16 Å². The molecule has 14 heavy (non-hydrogen) atoms. The molecule has 4 heteroatoms. The first-order chi connectivity index (χ1) is 6.90. The molecule has 2 aromatic rings. The van der Waals surface area contributed by atoms with Gasteiger partial charge in [-0.1, -0.05) is 12.1 Å². The van der Waals surface area contributed by atoms with Crippen LogP contribution in [0.5, 0.6) is 11.6 Å². The molecule has 0 aliphatic carbocycles. The quantitative estimate of drug-likeness (QED) is 0.722. The zero-order valence-corrected chi connectivity index (χ0v) is 7.18. The van der Waals surface area contributed by atoms with Crippen molar-refractivity contribution in [2.24, 2.45) is 0 Å². The van der Waals surface area contributed by atoms with Crippen LogP contribution in [0.2, 0.25) is 0 Å². The molecule has 0 radical (unpaired) electrons. The van der Waals surface area contributed by atoms with Crippen LogP contribution in [-0.4, -0.2) is 5.16 Å². The lowest BCUT2D eigenvalue weighted by Gasteiger charge is -2.01. The van der Waals surface area contributed by atoms with Crippen molar-refractivity contribution in [3.05, 3.63) is 42.2 Å². The van der Waals surface area contributed by atoms with Gasteiger partial charge in [-0.15, -0.1) is 0 Å². The summed E-state index contributed by atoms with van der Waals surface area (Å²) >= 11 is 0. The Morgan fingerprint density at radius 2 is 2.14 bits per heavy atom. The molecule has 0 aliphatic heterocycles. The minimum absolute atomic E-state index is 0.340. The van der Waals surface area contributed by atoms with E-state index >= 15 is 0 Å². The molecule has 0 aliphatic rings. The Balaban J connectivity index is 2.30. The molecule has 0 saturated heterocycles. The van der Waals surface area contributed by atoms with E-state index in [0.29, 0.717) is 17.2 Å². The average Bonchev–Trinajstić information content (AvgIpc) is 2.71. The summed E-state index contributed by atoms with van der Waals surface area (Å²) in [5.74, 6) is 0.816. The number of rotatable bonds is 2. The summed E-state index contributed by atoms with van der Waals surface area (Å²) in [6, 6.07) is 10.5. The molecule has 0 bridgehead atoms. The number of ether oxygens (including phenoxy) is 1. The number of hydrogen-bond acceptors (Lipinski definition) is 4. The van der Waals surface area contributed by atoms with Crippen molar-refractivity contribution < 1.29 is 9.26 Å². The molecule has 1 aromatic carbocycles. The Bertz CT molecular complexity index is 457. The maximum atomic E-state index is 8.77. The third-order valence-corrected chi connectivity index (χ3v) is 1.64. The number of aromatic nitrogens is 1. The highest BCUT2D eigenvalue weighted by molar-refractivity contribution is 5.43. The molecule has 0 unspecified atom stereocenters. The van der Waals surface area contributed by atoms with Crippen molar-refractivity contribution in [2.45, 2.75) is 0 Å². The fourth-order valence-corrected chi connectivity index (χ4v) is 1.01. The van der Waals surface area contributed by atoms with Gasteiger partial charge in [-0.2, -0.15) is 5.26 Å². The lowest BCUT2D eigenvalue weighted by molar-refractivity contribution is 0.366. The smallest absolute Gasteiger partial charge is 0.259 e. The number of nitriles is 1. The summed E-state index contributed by atoms with van der Waals surface area (Å²) in [4.78, 5) is 0. The SMILES string of the molecule is N#Cc1ccccc1Oc1ccon1. The highest BCUT2D eigenvalue weighted by Crippen LogP contribution is 2.22. The Morgan fingerprint density at radius 1 is 1.29 bits per heavy atom. The van der Waals surface area contributed by atoms with Crippen molar-refractivity contribution in [3.8, 4) is 17.7 Å². The topological polar surface area (TPSA) is 59.0 Å². The fraction of sp³-hybridized carbons (Fsp3) is 0. The molecule has 68 valence electrons. The van der Waals surface area contributed by atoms with Gasteiger partial charge in [0.1, 0.15) is 18.1 Å². The fourth-order valence-electron chi connectivity index (χ4n) is 1.01. The molecule has 0 amide bonds. The Kier molecular flexibility index (Phi) is 2.15. The van der Waals surface area contributed by atoms with Crippen LogP contribution < -0.4 is 4.74 Å². The monoisotopic (exact) mass is 186 g/mol. The molecule has 0 N–H and O–H groups in total. The second-order valence-electron chi connectivity index (χ2n) is 2.55. The van der Waals surface area contributed by atoms with Gasteiger partial charge in [-0.25, -0.2) is 0 Å². The van der Waals surface area contributed by atoms with Crippen molar-refractivity contribution >= 4 is 0 Å². The van der Waals surface area contributed by atoms with Crippen LogP contribution in [0.1, 0.15) is 5.56 Å². The standard InChI is InChI=1S/C10H6N2O2/c11-7-8-3-1-2-4-9(8)14-10-5-6-13-12-10/h1-6H. The second-order valence-corrected chi connectivity index (χ2v) is 2.55. The maximum Gasteiger partial charge on any atom is 0.259 e. The molecular weight excluding hydrogens is 180 g/mol. The first-order valence-electron chi connectivity index (χ1n) is 3.97. The first kappa shape index (κ1) is 8.32. The largest absolute Gasteiger partial charge is 0.435 e. The van der Waals surface area contributed by atoms with Crippen LogP contribution in [-0.2, 0) is 0 Å². The molecule has 0 atom stereocenters. The summed E-state index contributed by atoms with van der Waals surface area (Å²) in [7, 11) is 0. The van der Waals surface area contributed by atoms with E-state index in [4.69, 9.17) is 10.00 Å². The summed E-state index contributed by atoms with van der Waals surface area (Å²) in [6.45, 7) is 0. The van der Waals surface area contributed by atoms with Crippen LogP contribution >= 0.6 is 0 Å². The second kappa shape index (κ2) is 3.62. The van der Waals surface area contributed by atoms with E-state index in [1.54, 1.807) is 30.3 Å².